The van der Waals surface area contributed by atoms with Gasteiger partial charge in [0, 0.05) is 37.8 Å². The highest BCUT2D eigenvalue weighted by atomic mass is 32.2. The summed E-state index contributed by atoms with van der Waals surface area (Å²) in [6.45, 7) is 1.39. The van der Waals surface area contributed by atoms with Gasteiger partial charge in [-0.15, -0.1) is 11.8 Å². The fraction of sp³-hybridized carbons (Fsp3) is 0.875. The Labute approximate surface area is 105 Å². The van der Waals surface area contributed by atoms with Crippen LogP contribution in [-0.4, -0.2) is 67.4 Å². The number of piperazine rings is 1. The molecule has 0 spiro atoms. The number of amides is 1. The van der Waals surface area contributed by atoms with Crippen molar-refractivity contribution in [1.29, 1.82) is 0 Å². The maximum atomic E-state index is 12.0. The summed E-state index contributed by atoms with van der Waals surface area (Å²) in [5.41, 5.74) is 0. The molecule has 0 aromatic carbocycles. The molecule has 2 aliphatic rings. The van der Waals surface area contributed by atoms with Gasteiger partial charge < -0.3 is 4.90 Å². The monoisotopic (exact) mass is 280 g/mol. The molecule has 0 saturated carbocycles. The van der Waals surface area contributed by atoms with Crippen molar-refractivity contribution in [2.75, 3.05) is 37.8 Å². The molecule has 0 bridgehead atoms. The van der Waals surface area contributed by atoms with E-state index < -0.39 is 10.2 Å². The van der Waals surface area contributed by atoms with Gasteiger partial charge in [0.05, 0.1) is 6.04 Å². The van der Waals surface area contributed by atoms with E-state index in [1.807, 2.05) is 0 Å². The molecule has 2 aliphatic heterocycles. The van der Waals surface area contributed by atoms with Crippen LogP contribution in [0.15, 0.2) is 0 Å². The number of carbonyl (C=O) groups excluding carboxylic acids is 1. The van der Waals surface area contributed by atoms with Crippen molar-refractivity contribution >= 4 is 27.9 Å². The van der Waals surface area contributed by atoms with Crippen molar-refractivity contribution < 1.29 is 13.2 Å². The quantitative estimate of drug-likeness (QED) is 0.610. The van der Waals surface area contributed by atoms with E-state index in [2.05, 4.69) is 5.32 Å². The third kappa shape index (κ3) is 3.10. The number of rotatable bonds is 2. The first kappa shape index (κ1) is 13.1. The number of nitrogens with one attached hydrogen (secondary N) is 1. The number of carbonyl (C=O) groups is 1. The first-order valence-electron chi connectivity index (χ1n) is 5.36. The normalized spacial score (nSPS) is 27.4. The smallest absolute Gasteiger partial charge is 0.277 e. The van der Waals surface area contributed by atoms with Crippen LogP contribution in [0.3, 0.4) is 0 Å². The van der Waals surface area contributed by atoms with Gasteiger partial charge in [-0.2, -0.15) is 12.7 Å². The first-order valence-corrected chi connectivity index (χ1v) is 8.02. The summed E-state index contributed by atoms with van der Waals surface area (Å²) >= 11 is 1.69. The van der Waals surface area contributed by atoms with E-state index in [-0.39, 0.29) is 25.0 Å². The Morgan fingerprint density at radius 3 is 2.41 bits per heavy atom. The summed E-state index contributed by atoms with van der Waals surface area (Å²) < 4.78 is 23.4. The Balaban J connectivity index is 1.88. The molecule has 17 heavy (non-hydrogen) atoms. The number of hydrogen-bond acceptors (Lipinski definition) is 5. The second kappa shape index (κ2) is 5.11. The molecule has 1 atom stereocenters. The molecular weight excluding hydrogens is 264 g/mol. The second-order valence-electron chi connectivity index (χ2n) is 4.04. The zero-order valence-corrected chi connectivity index (χ0v) is 11.0. The van der Waals surface area contributed by atoms with Crippen LogP contribution in [0.5, 0.6) is 0 Å². The summed E-state index contributed by atoms with van der Waals surface area (Å²) in [5.74, 6) is 1.64. The zero-order valence-electron chi connectivity index (χ0n) is 9.33. The Bertz CT molecular complexity index is 386. The Morgan fingerprint density at radius 2 is 1.94 bits per heavy atom. The van der Waals surface area contributed by atoms with E-state index in [4.69, 9.17) is 5.14 Å². The maximum absolute atomic E-state index is 12.0. The van der Waals surface area contributed by atoms with Gasteiger partial charge in [-0.1, -0.05) is 0 Å². The molecular formula is C8H16N4O3S2. The van der Waals surface area contributed by atoms with Crippen LogP contribution < -0.4 is 10.5 Å². The number of nitrogens with zero attached hydrogens (tertiary/aromatic N) is 2. The summed E-state index contributed by atoms with van der Waals surface area (Å²) in [4.78, 5) is 13.7. The lowest BCUT2D eigenvalue weighted by atomic mass is 10.2. The van der Waals surface area contributed by atoms with Crippen LogP contribution in [0.25, 0.3) is 0 Å². The number of nitrogens with two attached hydrogens (primary N) is 1. The highest BCUT2D eigenvalue weighted by Crippen LogP contribution is 2.13. The summed E-state index contributed by atoms with van der Waals surface area (Å²) in [6.07, 6.45) is 0. The molecule has 2 heterocycles. The SMILES string of the molecule is NS(=O)(=O)N1CCN(C(=O)C2CSCN2)CC1. The van der Waals surface area contributed by atoms with E-state index in [1.54, 1.807) is 16.7 Å². The van der Waals surface area contributed by atoms with Crippen LogP contribution in [0.4, 0.5) is 0 Å². The van der Waals surface area contributed by atoms with Crippen LogP contribution in [0.2, 0.25) is 0 Å². The third-order valence-electron chi connectivity index (χ3n) is 2.92. The van der Waals surface area contributed by atoms with Crippen molar-refractivity contribution in [1.82, 2.24) is 14.5 Å². The molecule has 3 N–H and O–H groups in total. The second-order valence-corrected chi connectivity index (χ2v) is 6.62. The minimum Gasteiger partial charge on any atom is -0.339 e. The van der Waals surface area contributed by atoms with E-state index in [0.717, 1.165) is 11.6 Å². The highest BCUT2D eigenvalue weighted by molar-refractivity contribution is 7.99. The lowest BCUT2D eigenvalue weighted by Gasteiger charge is -2.34. The fourth-order valence-electron chi connectivity index (χ4n) is 1.94. The van der Waals surface area contributed by atoms with Crippen LogP contribution in [-0.2, 0) is 15.0 Å². The van der Waals surface area contributed by atoms with Crippen molar-refractivity contribution in [3.63, 3.8) is 0 Å². The van der Waals surface area contributed by atoms with Crippen molar-refractivity contribution in [2.45, 2.75) is 6.04 Å². The average Bonchev–Trinajstić information content (AvgIpc) is 2.80. The van der Waals surface area contributed by atoms with Crippen LogP contribution in [0, 0.1) is 0 Å². The van der Waals surface area contributed by atoms with E-state index >= 15 is 0 Å². The van der Waals surface area contributed by atoms with Crippen molar-refractivity contribution in [3.8, 4) is 0 Å². The number of hydrogen-bond donors (Lipinski definition) is 2. The van der Waals surface area contributed by atoms with Crippen LogP contribution >= 0.6 is 11.8 Å². The predicted octanol–water partition coefficient (Wildman–Crippen LogP) is -2.00. The van der Waals surface area contributed by atoms with Gasteiger partial charge in [0.1, 0.15) is 0 Å². The first-order chi connectivity index (χ1) is 7.98. The topological polar surface area (TPSA) is 95.7 Å². The lowest BCUT2D eigenvalue weighted by Crippen LogP contribution is -2.55. The molecule has 0 aromatic rings. The molecule has 1 unspecified atom stereocenters. The van der Waals surface area contributed by atoms with Gasteiger partial charge in [0.25, 0.3) is 10.2 Å². The lowest BCUT2D eigenvalue weighted by molar-refractivity contribution is -0.133. The molecule has 2 rings (SSSR count). The maximum Gasteiger partial charge on any atom is 0.277 e. The minimum absolute atomic E-state index is 0.0593. The summed E-state index contributed by atoms with van der Waals surface area (Å²) in [5, 5.41) is 8.14. The molecule has 98 valence electrons. The molecule has 0 aliphatic carbocycles. The van der Waals surface area contributed by atoms with E-state index in [9.17, 15) is 13.2 Å². The molecule has 0 aromatic heterocycles. The van der Waals surface area contributed by atoms with E-state index in [1.165, 1.54) is 4.31 Å². The van der Waals surface area contributed by atoms with Crippen LogP contribution in [0.1, 0.15) is 0 Å². The van der Waals surface area contributed by atoms with E-state index in [0.29, 0.717) is 13.1 Å². The molecule has 2 saturated heterocycles. The highest BCUT2D eigenvalue weighted by Gasteiger charge is 2.31. The standard InChI is InChI=1S/C8H16N4O3S2/c9-17(14,15)12-3-1-11(2-4-12)8(13)7-5-16-6-10-7/h7,10H,1-6H2,(H2,9,14,15). The molecule has 0 radical (unpaired) electrons. The van der Waals surface area contributed by atoms with Gasteiger partial charge in [-0.05, 0) is 0 Å². The molecule has 2 fully saturated rings. The van der Waals surface area contributed by atoms with Crippen molar-refractivity contribution in [3.05, 3.63) is 0 Å². The average molecular weight is 280 g/mol. The Morgan fingerprint density at radius 1 is 1.29 bits per heavy atom. The van der Waals surface area contributed by atoms with Gasteiger partial charge in [-0.3, -0.25) is 10.1 Å². The Kier molecular flexibility index (Phi) is 3.93. The fourth-order valence-corrected chi connectivity index (χ4v) is 3.54. The summed E-state index contributed by atoms with van der Waals surface area (Å²) in [6, 6.07) is -0.124. The predicted molar refractivity (Wildman–Crippen MR) is 65.5 cm³/mol. The molecule has 9 heteroatoms. The number of thioether (sulfide) groups is 1. The zero-order chi connectivity index (χ0) is 12.5. The minimum atomic E-state index is -3.62. The molecule has 1 amide bonds. The van der Waals surface area contributed by atoms with Gasteiger partial charge in [0.15, 0.2) is 0 Å². The van der Waals surface area contributed by atoms with Gasteiger partial charge in [-0.25, -0.2) is 5.14 Å². The third-order valence-corrected chi connectivity index (χ3v) is 4.95. The molecule has 7 nitrogen and oxygen atoms in total. The van der Waals surface area contributed by atoms with Gasteiger partial charge in [0.2, 0.25) is 5.91 Å². The Hall–Kier alpha value is -0.350. The van der Waals surface area contributed by atoms with Crippen molar-refractivity contribution in [2.24, 2.45) is 5.14 Å². The van der Waals surface area contributed by atoms with Gasteiger partial charge >= 0.3 is 0 Å². The summed E-state index contributed by atoms with van der Waals surface area (Å²) in [7, 11) is -3.62. The largest absolute Gasteiger partial charge is 0.339 e.